The molecule has 0 aromatic carbocycles. The van der Waals surface area contributed by atoms with Gasteiger partial charge >= 0.3 is 0 Å². The first-order chi connectivity index (χ1) is 7.79. The van der Waals surface area contributed by atoms with E-state index in [0.29, 0.717) is 0 Å². The number of nitrogens with one attached hydrogen (secondary N) is 1. The Morgan fingerprint density at radius 2 is 2.25 bits per heavy atom. The van der Waals surface area contributed by atoms with Gasteiger partial charge in [0, 0.05) is 29.9 Å². The zero-order chi connectivity index (χ0) is 11.4. The largest absolute Gasteiger partial charge is 0.472 e. The van der Waals surface area contributed by atoms with Gasteiger partial charge in [-0.15, -0.1) is 0 Å². The molecular formula is C13H16N2O. The van der Waals surface area contributed by atoms with Gasteiger partial charge in [-0.3, -0.25) is 4.98 Å². The van der Waals surface area contributed by atoms with E-state index >= 15 is 0 Å². The Hall–Kier alpha value is -1.61. The summed E-state index contributed by atoms with van der Waals surface area (Å²) in [4.78, 5) is 4.41. The minimum Gasteiger partial charge on any atom is -0.472 e. The molecule has 2 heterocycles. The molecule has 2 rings (SSSR count). The molecular weight excluding hydrogens is 200 g/mol. The Labute approximate surface area is 95.5 Å². The van der Waals surface area contributed by atoms with E-state index in [0.717, 1.165) is 17.7 Å². The lowest BCUT2D eigenvalue weighted by Gasteiger charge is -2.13. The second-order valence-electron chi connectivity index (χ2n) is 3.93. The highest BCUT2D eigenvalue weighted by atomic mass is 16.3. The van der Waals surface area contributed by atoms with E-state index in [1.807, 2.05) is 26.2 Å². The summed E-state index contributed by atoms with van der Waals surface area (Å²) in [6.45, 7) is 2.04. The van der Waals surface area contributed by atoms with Crippen LogP contribution in [0.2, 0.25) is 0 Å². The summed E-state index contributed by atoms with van der Waals surface area (Å²) in [5, 5.41) is 3.27. The summed E-state index contributed by atoms with van der Waals surface area (Å²) in [5.41, 5.74) is 3.43. The van der Waals surface area contributed by atoms with Crippen molar-refractivity contribution in [3.05, 3.63) is 53.7 Å². The van der Waals surface area contributed by atoms with Crippen LogP contribution < -0.4 is 5.32 Å². The van der Waals surface area contributed by atoms with Crippen molar-refractivity contribution in [1.29, 1.82) is 0 Å². The van der Waals surface area contributed by atoms with Crippen molar-refractivity contribution >= 4 is 0 Å². The average molecular weight is 216 g/mol. The number of hydrogen-bond donors (Lipinski definition) is 1. The summed E-state index contributed by atoms with van der Waals surface area (Å²) in [6.07, 6.45) is 6.24. The zero-order valence-electron chi connectivity index (χ0n) is 9.60. The van der Waals surface area contributed by atoms with Gasteiger partial charge in [-0.1, -0.05) is 6.07 Å². The zero-order valence-corrected chi connectivity index (χ0v) is 9.60. The van der Waals surface area contributed by atoms with Crippen LogP contribution in [0.4, 0.5) is 0 Å². The molecule has 2 aromatic rings. The lowest BCUT2D eigenvalue weighted by molar-refractivity contribution is 0.540. The summed E-state index contributed by atoms with van der Waals surface area (Å²) >= 11 is 0. The maximum Gasteiger partial charge on any atom is 0.0950 e. The minimum absolute atomic E-state index is 0.258. The predicted octanol–water partition coefficient (Wildman–Crippen LogP) is 2.49. The van der Waals surface area contributed by atoms with Crippen molar-refractivity contribution in [2.75, 3.05) is 7.05 Å². The highest BCUT2D eigenvalue weighted by molar-refractivity contribution is 5.18. The number of nitrogens with zero attached hydrogens (tertiary/aromatic N) is 1. The third kappa shape index (κ3) is 2.49. The first-order valence-electron chi connectivity index (χ1n) is 5.40. The molecule has 0 saturated heterocycles. The molecule has 84 valence electrons. The highest BCUT2D eigenvalue weighted by Gasteiger charge is 2.11. The molecule has 0 aliphatic rings. The first-order valence-corrected chi connectivity index (χ1v) is 5.40. The minimum atomic E-state index is 0.258. The van der Waals surface area contributed by atoms with E-state index in [1.54, 1.807) is 12.5 Å². The van der Waals surface area contributed by atoms with Crippen LogP contribution in [-0.2, 0) is 6.42 Å². The number of likely N-dealkylation sites (N-methyl/N-ethyl adjacent to an activating group) is 1. The van der Waals surface area contributed by atoms with Gasteiger partial charge in [0.1, 0.15) is 0 Å². The van der Waals surface area contributed by atoms with Gasteiger partial charge in [0.15, 0.2) is 0 Å². The second-order valence-corrected chi connectivity index (χ2v) is 3.93. The number of aryl methyl sites for hydroxylation is 1. The maximum atomic E-state index is 5.09. The molecule has 0 spiro atoms. The van der Waals surface area contributed by atoms with E-state index < -0.39 is 0 Å². The van der Waals surface area contributed by atoms with Crippen molar-refractivity contribution in [3.8, 4) is 0 Å². The van der Waals surface area contributed by atoms with Gasteiger partial charge in [-0.05, 0) is 31.7 Å². The van der Waals surface area contributed by atoms with Crippen molar-refractivity contribution in [2.24, 2.45) is 0 Å². The Morgan fingerprint density at radius 1 is 1.38 bits per heavy atom. The molecule has 3 nitrogen and oxygen atoms in total. The van der Waals surface area contributed by atoms with Crippen LogP contribution in [0.5, 0.6) is 0 Å². The van der Waals surface area contributed by atoms with Crippen LogP contribution in [0, 0.1) is 6.92 Å². The molecule has 1 atom stereocenters. The van der Waals surface area contributed by atoms with Crippen molar-refractivity contribution < 1.29 is 4.42 Å². The van der Waals surface area contributed by atoms with Gasteiger partial charge in [-0.25, -0.2) is 0 Å². The molecule has 0 radical (unpaired) electrons. The number of aromatic nitrogens is 1. The van der Waals surface area contributed by atoms with Crippen molar-refractivity contribution in [2.45, 2.75) is 19.4 Å². The fraction of sp³-hybridized carbons (Fsp3) is 0.308. The fourth-order valence-electron chi connectivity index (χ4n) is 1.69. The van der Waals surface area contributed by atoms with E-state index in [4.69, 9.17) is 4.42 Å². The summed E-state index contributed by atoms with van der Waals surface area (Å²) in [6, 6.07) is 6.40. The van der Waals surface area contributed by atoms with Gasteiger partial charge in [0.05, 0.1) is 12.5 Å². The van der Waals surface area contributed by atoms with Crippen LogP contribution >= 0.6 is 0 Å². The first kappa shape index (κ1) is 10.9. The number of pyridine rings is 1. The Balaban J connectivity index is 2.10. The lowest BCUT2D eigenvalue weighted by atomic mass is 10.0. The third-order valence-electron chi connectivity index (χ3n) is 2.68. The molecule has 0 amide bonds. The van der Waals surface area contributed by atoms with Crippen LogP contribution in [0.15, 0.2) is 41.3 Å². The summed E-state index contributed by atoms with van der Waals surface area (Å²) in [5.74, 6) is 0. The van der Waals surface area contributed by atoms with Crippen LogP contribution in [0.25, 0.3) is 0 Å². The molecule has 1 N–H and O–H groups in total. The van der Waals surface area contributed by atoms with Crippen LogP contribution in [0.1, 0.15) is 22.9 Å². The second kappa shape index (κ2) is 4.94. The van der Waals surface area contributed by atoms with Crippen molar-refractivity contribution in [3.63, 3.8) is 0 Å². The molecule has 0 saturated carbocycles. The Bertz CT molecular complexity index is 420. The average Bonchev–Trinajstić information content (AvgIpc) is 2.82. The Kier molecular flexibility index (Phi) is 3.37. The predicted molar refractivity (Wildman–Crippen MR) is 63.2 cm³/mol. The molecule has 0 aliphatic carbocycles. The topological polar surface area (TPSA) is 38.1 Å². The van der Waals surface area contributed by atoms with E-state index in [2.05, 4.69) is 22.4 Å². The summed E-state index contributed by atoms with van der Waals surface area (Å²) in [7, 11) is 1.95. The maximum absolute atomic E-state index is 5.09. The molecule has 16 heavy (non-hydrogen) atoms. The van der Waals surface area contributed by atoms with Gasteiger partial charge in [0.2, 0.25) is 0 Å². The lowest BCUT2D eigenvalue weighted by Crippen LogP contribution is -2.18. The quantitative estimate of drug-likeness (QED) is 0.853. The van der Waals surface area contributed by atoms with Crippen LogP contribution in [-0.4, -0.2) is 12.0 Å². The number of rotatable bonds is 4. The standard InChI is InChI=1S/C13H16N2O/c1-10-3-4-12(15-8-10)7-13(14-2)11-5-6-16-9-11/h3-6,8-9,13-14H,7H2,1-2H3. The SMILES string of the molecule is CNC(Cc1ccc(C)cn1)c1ccoc1. The molecule has 2 aromatic heterocycles. The Morgan fingerprint density at radius 3 is 2.81 bits per heavy atom. The highest BCUT2D eigenvalue weighted by Crippen LogP contribution is 2.17. The molecule has 1 unspecified atom stereocenters. The fourth-order valence-corrected chi connectivity index (χ4v) is 1.69. The van der Waals surface area contributed by atoms with Gasteiger partial charge in [-0.2, -0.15) is 0 Å². The molecule has 0 bridgehead atoms. The molecule has 0 fully saturated rings. The molecule has 0 aliphatic heterocycles. The van der Waals surface area contributed by atoms with Crippen molar-refractivity contribution in [1.82, 2.24) is 10.3 Å². The molecule has 3 heteroatoms. The van der Waals surface area contributed by atoms with Gasteiger partial charge < -0.3 is 9.73 Å². The normalized spacial score (nSPS) is 12.6. The number of furan rings is 1. The number of hydrogen-bond acceptors (Lipinski definition) is 3. The monoisotopic (exact) mass is 216 g/mol. The van der Waals surface area contributed by atoms with E-state index in [9.17, 15) is 0 Å². The van der Waals surface area contributed by atoms with Crippen LogP contribution in [0.3, 0.4) is 0 Å². The van der Waals surface area contributed by atoms with Gasteiger partial charge in [0.25, 0.3) is 0 Å². The smallest absolute Gasteiger partial charge is 0.0950 e. The third-order valence-corrected chi connectivity index (χ3v) is 2.68. The summed E-state index contributed by atoms with van der Waals surface area (Å²) < 4.78 is 5.09. The van der Waals surface area contributed by atoms with E-state index in [-0.39, 0.29) is 6.04 Å². The van der Waals surface area contributed by atoms with E-state index in [1.165, 1.54) is 5.56 Å².